The molecule has 108 valence electrons. The van der Waals surface area contributed by atoms with Crippen molar-refractivity contribution < 1.29 is 23.9 Å². The van der Waals surface area contributed by atoms with E-state index in [1.54, 1.807) is 0 Å². The monoisotopic (exact) mass is 270 g/mol. The smallest absolute Gasteiger partial charge is 0.320 e. The van der Waals surface area contributed by atoms with Gasteiger partial charge in [0.25, 0.3) is 0 Å². The molecule has 0 heterocycles. The van der Waals surface area contributed by atoms with Gasteiger partial charge in [-0.05, 0) is 12.8 Å². The lowest BCUT2D eigenvalue weighted by molar-refractivity contribution is -0.161. The molecule has 0 saturated heterocycles. The minimum atomic E-state index is -1.14. The van der Waals surface area contributed by atoms with Crippen LogP contribution in [0.5, 0.6) is 0 Å². The second kappa shape index (κ2) is 6.68. The first kappa shape index (κ1) is 15.7. The van der Waals surface area contributed by atoms with E-state index in [0.717, 1.165) is 32.1 Å². The summed E-state index contributed by atoms with van der Waals surface area (Å²) >= 11 is 0. The van der Waals surface area contributed by atoms with Gasteiger partial charge >= 0.3 is 11.9 Å². The lowest BCUT2D eigenvalue weighted by Crippen LogP contribution is -2.36. The zero-order chi connectivity index (χ0) is 14.5. The van der Waals surface area contributed by atoms with E-state index in [2.05, 4.69) is 9.47 Å². The minimum Gasteiger partial charge on any atom is -0.468 e. The quantitative estimate of drug-likeness (QED) is 0.563. The van der Waals surface area contributed by atoms with Crippen LogP contribution in [0.1, 0.15) is 45.4 Å². The fourth-order valence-electron chi connectivity index (χ4n) is 2.59. The Morgan fingerprint density at radius 2 is 1.47 bits per heavy atom. The van der Waals surface area contributed by atoms with Gasteiger partial charge in [0.15, 0.2) is 5.92 Å². The van der Waals surface area contributed by atoms with Gasteiger partial charge in [-0.3, -0.25) is 14.4 Å². The summed E-state index contributed by atoms with van der Waals surface area (Å²) in [5, 5.41) is 0. The summed E-state index contributed by atoms with van der Waals surface area (Å²) in [6.07, 6.45) is 4.69. The molecule has 1 fully saturated rings. The zero-order valence-electron chi connectivity index (χ0n) is 11.9. The average Bonchev–Trinajstić information content (AvgIpc) is 2.43. The third-order valence-electron chi connectivity index (χ3n) is 3.99. The highest BCUT2D eigenvalue weighted by Crippen LogP contribution is 2.38. The summed E-state index contributed by atoms with van der Waals surface area (Å²) in [4.78, 5) is 35.5. The molecule has 0 radical (unpaired) electrons. The molecule has 1 rings (SSSR count). The zero-order valence-corrected chi connectivity index (χ0v) is 11.9. The number of rotatable bonds is 5. The summed E-state index contributed by atoms with van der Waals surface area (Å²) in [5.74, 6) is -2.60. The van der Waals surface area contributed by atoms with E-state index in [-0.39, 0.29) is 12.2 Å². The van der Waals surface area contributed by atoms with Crippen molar-refractivity contribution in [2.45, 2.75) is 45.4 Å². The Labute approximate surface area is 113 Å². The van der Waals surface area contributed by atoms with Crippen LogP contribution in [0.3, 0.4) is 0 Å². The molecule has 0 unspecified atom stereocenters. The first-order chi connectivity index (χ1) is 8.94. The first-order valence-corrected chi connectivity index (χ1v) is 6.63. The molecule has 1 aliphatic carbocycles. The van der Waals surface area contributed by atoms with Gasteiger partial charge in [0, 0.05) is 11.8 Å². The molecule has 0 N–H and O–H groups in total. The Morgan fingerprint density at radius 3 is 1.89 bits per heavy atom. The summed E-state index contributed by atoms with van der Waals surface area (Å²) in [6, 6.07) is 0. The highest BCUT2D eigenvalue weighted by atomic mass is 16.5. The number of carbonyl (C=O) groups is 3. The van der Waals surface area contributed by atoms with E-state index in [1.165, 1.54) is 14.2 Å². The molecule has 5 heteroatoms. The van der Waals surface area contributed by atoms with E-state index in [9.17, 15) is 14.4 Å². The molecule has 1 saturated carbocycles. The SMILES string of the molecule is COC(=O)C(CC(=O)C1(C)CCCCC1)C(=O)OC. The fourth-order valence-corrected chi connectivity index (χ4v) is 2.59. The summed E-state index contributed by atoms with van der Waals surface area (Å²) in [5.41, 5.74) is -0.418. The molecule has 0 aromatic heterocycles. The molecule has 5 nitrogen and oxygen atoms in total. The lowest BCUT2D eigenvalue weighted by atomic mass is 9.71. The molecule has 1 aliphatic rings. The summed E-state index contributed by atoms with van der Waals surface area (Å²) in [7, 11) is 2.40. The Morgan fingerprint density at radius 1 is 1.00 bits per heavy atom. The minimum absolute atomic E-state index is 0.0481. The molecule has 0 spiro atoms. The van der Waals surface area contributed by atoms with Crippen LogP contribution < -0.4 is 0 Å². The van der Waals surface area contributed by atoms with Gasteiger partial charge in [-0.25, -0.2) is 0 Å². The van der Waals surface area contributed by atoms with Crippen molar-refractivity contribution in [3.05, 3.63) is 0 Å². The Balaban J connectivity index is 2.75. The normalized spacial score (nSPS) is 17.9. The second-order valence-corrected chi connectivity index (χ2v) is 5.35. The van der Waals surface area contributed by atoms with E-state index >= 15 is 0 Å². The molecular formula is C14H22O5. The molecule has 0 amide bonds. The maximum absolute atomic E-state index is 12.4. The third-order valence-corrected chi connectivity index (χ3v) is 3.99. The number of esters is 2. The molecule has 0 atom stereocenters. The van der Waals surface area contributed by atoms with Crippen molar-refractivity contribution in [3.8, 4) is 0 Å². The van der Waals surface area contributed by atoms with E-state index in [4.69, 9.17) is 0 Å². The van der Waals surface area contributed by atoms with Crippen LogP contribution in [-0.4, -0.2) is 31.9 Å². The van der Waals surface area contributed by atoms with Gasteiger partial charge in [-0.1, -0.05) is 26.2 Å². The van der Waals surface area contributed by atoms with E-state index < -0.39 is 23.3 Å². The number of hydrogen-bond donors (Lipinski definition) is 0. The topological polar surface area (TPSA) is 69.7 Å². The first-order valence-electron chi connectivity index (χ1n) is 6.63. The van der Waals surface area contributed by atoms with Gasteiger partial charge in [0.2, 0.25) is 0 Å². The van der Waals surface area contributed by atoms with Crippen molar-refractivity contribution in [1.29, 1.82) is 0 Å². The molecular weight excluding hydrogens is 248 g/mol. The number of hydrogen-bond acceptors (Lipinski definition) is 5. The van der Waals surface area contributed by atoms with Crippen LogP contribution in [-0.2, 0) is 23.9 Å². The van der Waals surface area contributed by atoms with Crippen LogP contribution >= 0.6 is 0 Å². The van der Waals surface area contributed by atoms with Crippen LogP contribution in [0.25, 0.3) is 0 Å². The number of methoxy groups -OCH3 is 2. The Kier molecular flexibility index (Phi) is 5.51. The highest BCUT2D eigenvalue weighted by molar-refractivity contribution is 6.00. The van der Waals surface area contributed by atoms with Crippen molar-refractivity contribution in [3.63, 3.8) is 0 Å². The van der Waals surface area contributed by atoms with Gasteiger partial charge in [0.05, 0.1) is 14.2 Å². The van der Waals surface area contributed by atoms with Gasteiger partial charge < -0.3 is 9.47 Å². The highest BCUT2D eigenvalue weighted by Gasteiger charge is 2.39. The predicted octanol–water partition coefficient (Wildman–Crippen LogP) is 1.88. The number of ether oxygens (including phenoxy) is 2. The van der Waals surface area contributed by atoms with Gasteiger partial charge in [0.1, 0.15) is 5.78 Å². The van der Waals surface area contributed by atoms with Crippen LogP contribution in [0.2, 0.25) is 0 Å². The van der Waals surface area contributed by atoms with Crippen molar-refractivity contribution in [1.82, 2.24) is 0 Å². The Bertz CT molecular complexity index is 339. The number of carbonyl (C=O) groups excluding carboxylic acids is 3. The largest absolute Gasteiger partial charge is 0.468 e. The van der Waals surface area contributed by atoms with Crippen LogP contribution in [0.4, 0.5) is 0 Å². The van der Waals surface area contributed by atoms with E-state index in [0.29, 0.717) is 0 Å². The molecule has 0 aromatic rings. The van der Waals surface area contributed by atoms with Crippen LogP contribution in [0.15, 0.2) is 0 Å². The standard InChI is InChI=1S/C14H22O5/c1-14(7-5-4-6-8-14)11(15)9-10(12(16)18-2)13(17)19-3/h10H,4-9H2,1-3H3. The molecule has 19 heavy (non-hydrogen) atoms. The summed E-state index contributed by atoms with van der Waals surface area (Å²) in [6.45, 7) is 1.92. The maximum Gasteiger partial charge on any atom is 0.320 e. The molecule has 0 aliphatic heterocycles. The number of Topliss-reactive ketones (excluding diaryl/α,β-unsaturated/α-hetero) is 1. The molecule has 0 bridgehead atoms. The average molecular weight is 270 g/mol. The van der Waals surface area contributed by atoms with Gasteiger partial charge in [-0.2, -0.15) is 0 Å². The Hall–Kier alpha value is -1.39. The maximum atomic E-state index is 12.4. The predicted molar refractivity (Wildman–Crippen MR) is 68.3 cm³/mol. The molecule has 0 aromatic carbocycles. The van der Waals surface area contributed by atoms with Crippen molar-refractivity contribution in [2.24, 2.45) is 11.3 Å². The van der Waals surface area contributed by atoms with Crippen LogP contribution in [0, 0.1) is 11.3 Å². The van der Waals surface area contributed by atoms with Crippen molar-refractivity contribution in [2.75, 3.05) is 14.2 Å². The second-order valence-electron chi connectivity index (χ2n) is 5.35. The third kappa shape index (κ3) is 3.78. The lowest BCUT2D eigenvalue weighted by Gasteiger charge is -2.32. The van der Waals surface area contributed by atoms with Crippen molar-refractivity contribution >= 4 is 17.7 Å². The summed E-state index contributed by atoms with van der Waals surface area (Å²) < 4.78 is 9.13. The fraction of sp³-hybridized carbons (Fsp3) is 0.786. The van der Waals surface area contributed by atoms with Gasteiger partial charge in [-0.15, -0.1) is 0 Å². The number of ketones is 1. The van der Waals surface area contributed by atoms with E-state index in [1.807, 2.05) is 6.92 Å².